The molecule has 1 amide bonds. The van der Waals surface area contributed by atoms with Crippen molar-refractivity contribution in [3.63, 3.8) is 0 Å². The van der Waals surface area contributed by atoms with Crippen molar-refractivity contribution in [2.75, 3.05) is 54.1 Å². The molecule has 0 saturated carbocycles. The van der Waals surface area contributed by atoms with Gasteiger partial charge in [-0.05, 0) is 48.2 Å². The quantitative estimate of drug-likeness (QED) is 0.289. The number of benzene rings is 2. The molecule has 1 unspecified atom stereocenters. The van der Waals surface area contributed by atoms with Crippen LogP contribution in [0.15, 0.2) is 48.5 Å². The summed E-state index contributed by atoms with van der Waals surface area (Å²) in [5.74, 6) is 0.286. The highest BCUT2D eigenvalue weighted by atomic mass is 16.5. The number of nitrogens with zero attached hydrogens (tertiary/aromatic N) is 2. The number of carbonyl (C=O) groups excluding carboxylic acids is 3. The summed E-state index contributed by atoms with van der Waals surface area (Å²) in [6.45, 7) is 3.89. The first-order valence-corrected chi connectivity index (χ1v) is 12.9. The first kappa shape index (κ1) is 29.1. The van der Waals surface area contributed by atoms with Gasteiger partial charge in [0.1, 0.15) is 5.75 Å². The molecular formula is C29H38N2O7. The normalized spacial score (nSPS) is 14.6. The van der Waals surface area contributed by atoms with Gasteiger partial charge in [-0.2, -0.15) is 0 Å². The number of carbonyl (C=O) groups is 3. The minimum Gasteiger partial charge on any atom is -0.497 e. The molecule has 1 fully saturated rings. The van der Waals surface area contributed by atoms with Crippen molar-refractivity contribution in [3.05, 3.63) is 65.2 Å². The molecule has 1 aliphatic heterocycles. The van der Waals surface area contributed by atoms with Gasteiger partial charge in [0, 0.05) is 45.6 Å². The van der Waals surface area contributed by atoms with Crippen molar-refractivity contribution in [2.45, 2.75) is 38.4 Å². The topological polar surface area (TPSA) is 94.6 Å². The van der Waals surface area contributed by atoms with Gasteiger partial charge in [0.05, 0.1) is 39.6 Å². The lowest BCUT2D eigenvalue weighted by Crippen LogP contribution is -2.49. The lowest BCUT2D eigenvalue weighted by atomic mass is 10.1. The summed E-state index contributed by atoms with van der Waals surface area (Å²) in [4.78, 5) is 39.8. The lowest BCUT2D eigenvalue weighted by Gasteiger charge is -2.36. The molecule has 9 heteroatoms. The van der Waals surface area contributed by atoms with Gasteiger partial charge in [-0.25, -0.2) is 4.79 Å². The molecule has 206 valence electrons. The number of ether oxygens (including phenoxy) is 4. The summed E-state index contributed by atoms with van der Waals surface area (Å²) in [6, 6.07) is 15.1. The predicted molar refractivity (Wildman–Crippen MR) is 142 cm³/mol. The van der Waals surface area contributed by atoms with E-state index < -0.39 is 0 Å². The van der Waals surface area contributed by atoms with Crippen LogP contribution in [-0.4, -0.2) is 81.7 Å². The summed E-state index contributed by atoms with van der Waals surface area (Å²) in [6.07, 6.45) is 1.93. The van der Waals surface area contributed by atoms with Gasteiger partial charge in [0.2, 0.25) is 5.91 Å². The Hall–Kier alpha value is -3.43. The van der Waals surface area contributed by atoms with Crippen molar-refractivity contribution in [2.24, 2.45) is 0 Å². The molecule has 9 nitrogen and oxygen atoms in total. The van der Waals surface area contributed by atoms with Crippen LogP contribution in [0.1, 0.15) is 53.3 Å². The fourth-order valence-electron chi connectivity index (χ4n) is 4.37. The number of hydrogen-bond donors (Lipinski definition) is 0. The molecule has 2 aromatic carbocycles. The maximum atomic E-state index is 12.6. The van der Waals surface area contributed by atoms with Gasteiger partial charge in [-0.15, -0.1) is 0 Å². The van der Waals surface area contributed by atoms with Gasteiger partial charge in [-0.3, -0.25) is 14.5 Å². The zero-order valence-electron chi connectivity index (χ0n) is 22.5. The Morgan fingerprint density at radius 3 is 2.24 bits per heavy atom. The molecule has 0 bridgehead atoms. The maximum absolute atomic E-state index is 12.6. The second-order valence-corrected chi connectivity index (χ2v) is 9.23. The number of hydrogen-bond acceptors (Lipinski definition) is 8. The molecule has 1 aliphatic rings. The molecule has 1 heterocycles. The van der Waals surface area contributed by atoms with Crippen LogP contribution < -0.4 is 4.74 Å². The van der Waals surface area contributed by atoms with E-state index in [1.165, 1.54) is 14.2 Å². The van der Waals surface area contributed by atoms with Crippen molar-refractivity contribution in [3.8, 4) is 5.75 Å². The van der Waals surface area contributed by atoms with Crippen molar-refractivity contribution >= 4 is 17.8 Å². The summed E-state index contributed by atoms with van der Waals surface area (Å²) in [5.41, 5.74) is 2.46. The second-order valence-electron chi connectivity index (χ2n) is 9.23. The Kier molecular flexibility index (Phi) is 11.6. The number of rotatable bonds is 13. The largest absolute Gasteiger partial charge is 0.497 e. The van der Waals surface area contributed by atoms with Crippen LogP contribution in [0, 0.1) is 0 Å². The third-order valence-electron chi connectivity index (χ3n) is 6.69. The highest BCUT2D eigenvalue weighted by Gasteiger charge is 2.24. The van der Waals surface area contributed by atoms with Gasteiger partial charge < -0.3 is 23.8 Å². The average molecular weight is 527 g/mol. The monoisotopic (exact) mass is 526 g/mol. The molecule has 1 saturated heterocycles. The minimum atomic E-state index is -0.370. The first-order valence-electron chi connectivity index (χ1n) is 12.9. The number of methoxy groups -OCH3 is 3. The van der Waals surface area contributed by atoms with Crippen LogP contribution in [0.4, 0.5) is 0 Å². The van der Waals surface area contributed by atoms with E-state index in [2.05, 4.69) is 9.64 Å². The number of piperazine rings is 1. The van der Waals surface area contributed by atoms with Crippen LogP contribution >= 0.6 is 0 Å². The van der Waals surface area contributed by atoms with Gasteiger partial charge in [0.15, 0.2) is 0 Å². The maximum Gasteiger partial charge on any atom is 0.337 e. The average Bonchev–Trinajstić information content (AvgIpc) is 2.97. The van der Waals surface area contributed by atoms with E-state index in [1.54, 1.807) is 19.2 Å². The molecule has 0 aromatic heterocycles. The Morgan fingerprint density at radius 2 is 1.58 bits per heavy atom. The fourth-order valence-corrected chi connectivity index (χ4v) is 4.37. The zero-order valence-corrected chi connectivity index (χ0v) is 22.5. The number of unbranched alkanes of at least 4 members (excludes halogenated alkanes) is 1. The van der Waals surface area contributed by atoms with E-state index in [-0.39, 0.29) is 23.9 Å². The van der Waals surface area contributed by atoms with E-state index in [4.69, 9.17) is 14.2 Å². The Morgan fingerprint density at radius 1 is 0.868 bits per heavy atom. The fraction of sp³-hybridized carbons (Fsp3) is 0.483. The van der Waals surface area contributed by atoms with E-state index in [0.29, 0.717) is 57.5 Å². The molecule has 2 aromatic rings. The summed E-state index contributed by atoms with van der Waals surface area (Å²) >= 11 is 0. The van der Waals surface area contributed by atoms with E-state index in [0.717, 1.165) is 30.0 Å². The molecule has 1 atom stereocenters. The molecule has 0 spiro atoms. The van der Waals surface area contributed by atoms with Crippen LogP contribution in [0.3, 0.4) is 0 Å². The third-order valence-corrected chi connectivity index (χ3v) is 6.69. The van der Waals surface area contributed by atoms with Gasteiger partial charge in [-0.1, -0.05) is 24.3 Å². The minimum absolute atomic E-state index is 0.130. The highest BCUT2D eigenvalue weighted by molar-refractivity contribution is 5.89. The number of amides is 1. The van der Waals surface area contributed by atoms with Crippen LogP contribution in [0.5, 0.6) is 5.75 Å². The first-order chi connectivity index (χ1) is 18.4. The Balaban J connectivity index is 1.55. The summed E-state index contributed by atoms with van der Waals surface area (Å²) < 4.78 is 21.2. The Bertz CT molecular complexity index is 1050. The predicted octanol–water partition coefficient (Wildman–Crippen LogP) is 3.62. The van der Waals surface area contributed by atoms with Crippen molar-refractivity contribution in [1.82, 2.24) is 9.80 Å². The van der Waals surface area contributed by atoms with Crippen molar-refractivity contribution < 1.29 is 33.3 Å². The van der Waals surface area contributed by atoms with E-state index >= 15 is 0 Å². The highest BCUT2D eigenvalue weighted by Crippen LogP contribution is 2.25. The van der Waals surface area contributed by atoms with Gasteiger partial charge in [0.25, 0.3) is 0 Å². The molecule has 0 aliphatic carbocycles. The zero-order chi connectivity index (χ0) is 27.3. The molecular weight excluding hydrogens is 488 g/mol. The van der Waals surface area contributed by atoms with Gasteiger partial charge >= 0.3 is 11.9 Å². The van der Waals surface area contributed by atoms with Crippen LogP contribution in [0.2, 0.25) is 0 Å². The number of esters is 2. The summed E-state index contributed by atoms with van der Waals surface area (Å²) in [5, 5.41) is 0. The van der Waals surface area contributed by atoms with Crippen LogP contribution in [0.25, 0.3) is 0 Å². The Labute approximate surface area is 224 Å². The molecule has 0 N–H and O–H groups in total. The second kappa shape index (κ2) is 15.1. The van der Waals surface area contributed by atoms with E-state index in [9.17, 15) is 14.4 Å². The van der Waals surface area contributed by atoms with Crippen molar-refractivity contribution in [1.29, 1.82) is 0 Å². The third kappa shape index (κ3) is 8.85. The smallest absolute Gasteiger partial charge is 0.337 e. The SMILES string of the molecule is COC(=O)CCCCC(=O)N1CCN(CC(OCc2ccc(C(=O)OC)cc2)c2cccc(OC)c2)CC1. The molecule has 3 rings (SSSR count). The molecule has 0 radical (unpaired) electrons. The lowest BCUT2D eigenvalue weighted by molar-refractivity contribution is -0.141. The standard InChI is InChI=1S/C29H38N2O7/c1-35-25-8-6-7-24(19-25)26(38-21-22-11-13-23(14-12-22)29(34)37-3)20-30-15-17-31(18-16-30)27(32)9-4-5-10-28(33)36-2/h6-8,11-14,19,26H,4-5,9-10,15-18,20-21H2,1-3H3. The summed E-state index contributed by atoms with van der Waals surface area (Å²) in [7, 11) is 4.38. The molecule has 38 heavy (non-hydrogen) atoms. The van der Waals surface area contributed by atoms with Crippen LogP contribution in [-0.2, 0) is 30.4 Å². The van der Waals surface area contributed by atoms with E-state index in [1.807, 2.05) is 41.3 Å².